The Labute approximate surface area is 178 Å². The van der Waals surface area contributed by atoms with E-state index in [2.05, 4.69) is 4.98 Å². The molecular formula is C22H32BFN2O4. The first kappa shape index (κ1) is 21.6. The molecule has 4 heterocycles. The molecule has 3 atom stereocenters. The molecule has 30 heavy (non-hydrogen) atoms. The van der Waals surface area contributed by atoms with Crippen LogP contribution in [0, 0.1) is 5.95 Å². The van der Waals surface area contributed by atoms with Crippen LogP contribution in [-0.2, 0) is 14.0 Å². The summed E-state index contributed by atoms with van der Waals surface area (Å²) in [5, 5.41) is 0. The summed E-state index contributed by atoms with van der Waals surface area (Å²) >= 11 is 0. The van der Waals surface area contributed by atoms with Crippen LogP contribution in [0.4, 0.5) is 9.18 Å². The topological polar surface area (TPSA) is 60.9 Å². The van der Waals surface area contributed by atoms with Crippen LogP contribution in [-0.4, -0.2) is 52.0 Å². The molecule has 1 amide bonds. The highest BCUT2D eigenvalue weighted by Gasteiger charge is 2.54. The van der Waals surface area contributed by atoms with Gasteiger partial charge >= 0.3 is 13.2 Å². The number of fused-ring (bicyclic) bond motifs is 2. The Morgan fingerprint density at radius 1 is 1.23 bits per heavy atom. The highest BCUT2D eigenvalue weighted by molar-refractivity contribution is 6.62. The standard InChI is InChI=1S/C22H32BFN2O4/c1-20(2,3)28-19(27)26-14-8-9-17(26)15(11-14)13-10-16(18(24)25-12-13)23-29-21(4,5)22(6,7)30-23/h10,12,14-15,17H,8-9,11H2,1-7H3/t14-,15?,17+/m0/s1. The molecule has 8 heteroatoms. The molecule has 3 aliphatic heterocycles. The van der Waals surface area contributed by atoms with Gasteiger partial charge in [-0.05, 0) is 73.3 Å². The highest BCUT2D eigenvalue weighted by atomic mass is 19.1. The first-order chi connectivity index (χ1) is 13.8. The van der Waals surface area contributed by atoms with Crippen molar-refractivity contribution in [1.29, 1.82) is 0 Å². The lowest BCUT2D eigenvalue weighted by Gasteiger charge is -2.32. The van der Waals surface area contributed by atoms with Gasteiger partial charge in [0.25, 0.3) is 0 Å². The Balaban J connectivity index is 1.58. The third-order valence-electron chi connectivity index (χ3n) is 6.96. The van der Waals surface area contributed by atoms with Crippen molar-refractivity contribution < 1.29 is 23.2 Å². The van der Waals surface area contributed by atoms with Crippen LogP contribution in [0.15, 0.2) is 12.3 Å². The molecule has 2 bridgehead atoms. The molecule has 4 rings (SSSR count). The number of carbonyl (C=O) groups excluding carboxylic acids is 1. The summed E-state index contributed by atoms with van der Waals surface area (Å²) in [6.07, 6.45) is 4.04. The summed E-state index contributed by atoms with van der Waals surface area (Å²) in [7, 11) is -0.803. The normalized spacial score (nSPS) is 29.5. The van der Waals surface area contributed by atoms with Crippen LogP contribution in [0.25, 0.3) is 0 Å². The second-order valence-electron chi connectivity index (χ2n) is 10.8. The van der Waals surface area contributed by atoms with E-state index < -0.39 is 29.9 Å². The number of rotatable bonds is 2. The molecule has 164 valence electrons. The van der Waals surface area contributed by atoms with Crippen LogP contribution in [0.5, 0.6) is 0 Å². The molecule has 0 radical (unpaired) electrons. The number of hydrogen-bond donors (Lipinski definition) is 0. The van der Waals surface area contributed by atoms with E-state index in [9.17, 15) is 9.18 Å². The van der Waals surface area contributed by atoms with Crippen LogP contribution in [0.2, 0.25) is 0 Å². The summed E-state index contributed by atoms with van der Waals surface area (Å²) in [6, 6.07) is 2.01. The molecule has 3 fully saturated rings. The quantitative estimate of drug-likeness (QED) is 0.541. The lowest BCUT2D eigenvalue weighted by Crippen LogP contribution is -2.41. The third kappa shape index (κ3) is 3.62. The number of halogens is 1. The fourth-order valence-electron chi connectivity index (χ4n) is 4.77. The molecule has 0 aromatic carbocycles. The van der Waals surface area contributed by atoms with Gasteiger partial charge in [0.1, 0.15) is 5.60 Å². The van der Waals surface area contributed by atoms with Crippen molar-refractivity contribution in [3.8, 4) is 0 Å². The zero-order valence-electron chi connectivity index (χ0n) is 19.0. The Hall–Kier alpha value is -1.67. The summed E-state index contributed by atoms with van der Waals surface area (Å²) in [6.45, 7) is 13.4. The van der Waals surface area contributed by atoms with Crippen molar-refractivity contribution >= 4 is 18.7 Å². The van der Waals surface area contributed by atoms with Gasteiger partial charge in [0.2, 0.25) is 5.95 Å². The van der Waals surface area contributed by atoms with Crippen molar-refractivity contribution in [2.24, 2.45) is 0 Å². The van der Waals surface area contributed by atoms with E-state index in [4.69, 9.17) is 14.0 Å². The average Bonchev–Trinajstić information content (AvgIpc) is 3.23. The minimum Gasteiger partial charge on any atom is -0.444 e. The van der Waals surface area contributed by atoms with Gasteiger partial charge in [-0.1, -0.05) is 6.07 Å². The molecule has 1 aromatic heterocycles. The van der Waals surface area contributed by atoms with E-state index in [0.717, 1.165) is 24.8 Å². The smallest absolute Gasteiger partial charge is 0.444 e. The van der Waals surface area contributed by atoms with Gasteiger partial charge in [0, 0.05) is 29.7 Å². The summed E-state index contributed by atoms with van der Waals surface area (Å²) in [5.41, 5.74) is -0.407. The molecule has 3 aliphatic rings. The molecule has 0 N–H and O–H groups in total. The number of nitrogens with zero attached hydrogens (tertiary/aromatic N) is 2. The molecule has 0 saturated carbocycles. The van der Waals surface area contributed by atoms with E-state index >= 15 is 0 Å². The Morgan fingerprint density at radius 3 is 2.47 bits per heavy atom. The second-order valence-corrected chi connectivity index (χ2v) is 10.8. The summed E-state index contributed by atoms with van der Waals surface area (Å²) in [4.78, 5) is 18.7. The van der Waals surface area contributed by atoms with Crippen molar-refractivity contribution in [1.82, 2.24) is 9.88 Å². The average molecular weight is 418 g/mol. The molecule has 1 unspecified atom stereocenters. The predicted octanol–water partition coefficient (Wildman–Crippen LogP) is 3.78. The lowest BCUT2D eigenvalue weighted by molar-refractivity contribution is 0.00578. The number of pyridine rings is 1. The second kappa shape index (κ2) is 6.92. The van der Waals surface area contributed by atoms with Gasteiger partial charge in [0.05, 0.1) is 11.2 Å². The van der Waals surface area contributed by atoms with Crippen molar-refractivity contribution in [2.45, 2.75) is 103 Å². The van der Waals surface area contributed by atoms with Gasteiger partial charge in [-0.2, -0.15) is 4.39 Å². The van der Waals surface area contributed by atoms with E-state index in [1.165, 1.54) is 0 Å². The highest BCUT2D eigenvalue weighted by Crippen LogP contribution is 2.47. The number of amides is 1. The molecular weight excluding hydrogens is 386 g/mol. The van der Waals surface area contributed by atoms with Gasteiger partial charge in [-0.15, -0.1) is 0 Å². The minimum atomic E-state index is -0.803. The van der Waals surface area contributed by atoms with Crippen LogP contribution < -0.4 is 5.46 Å². The third-order valence-corrected chi connectivity index (χ3v) is 6.96. The Bertz CT molecular complexity index is 838. The predicted molar refractivity (Wildman–Crippen MR) is 112 cm³/mol. The fraction of sp³-hybridized carbons (Fsp3) is 0.727. The van der Waals surface area contributed by atoms with Crippen LogP contribution >= 0.6 is 0 Å². The van der Waals surface area contributed by atoms with E-state index in [1.807, 2.05) is 59.4 Å². The van der Waals surface area contributed by atoms with Crippen LogP contribution in [0.3, 0.4) is 0 Å². The summed E-state index contributed by atoms with van der Waals surface area (Å²) < 4.78 is 32.3. The largest absolute Gasteiger partial charge is 0.499 e. The van der Waals surface area contributed by atoms with Crippen LogP contribution in [0.1, 0.15) is 79.2 Å². The number of hydrogen-bond acceptors (Lipinski definition) is 5. The maximum absolute atomic E-state index is 14.6. The zero-order valence-corrected chi connectivity index (χ0v) is 19.0. The first-order valence-corrected chi connectivity index (χ1v) is 10.8. The monoisotopic (exact) mass is 418 g/mol. The number of ether oxygens (including phenoxy) is 1. The van der Waals surface area contributed by atoms with E-state index in [0.29, 0.717) is 5.46 Å². The Morgan fingerprint density at radius 2 is 1.87 bits per heavy atom. The Kier molecular flexibility index (Phi) is 4.97. The van der Waals surface area contributed by atoms with Gasteiger partial charge in [-0.25, -0.2) is 9.78 Å². The number of carbonyl (C=O) groups is 1. The maximum Gasteiger partial charge on any atom is 0.499 e. The van der Waals surface area contributed by atoms with Crippen molar-refractivity contribution in [2.75, 3.05) is 0 Å². The molecule has 1 aromatic rings. The summed E-state index contributed by atoms with van der Waals surface area (Å²) in [5.74, 6) is -0.477. The lowest BCUT2D eigenvalue weighted by atomic mass is 9.76. The van der Waals surface area contributed by atoms with Crippen molar-refractivity contribution in [3.05, 3.63) is 23.8 Å². The fourth-order valence-corrected chi connectivity index (χ4v) is 4.77. The maximum atomic E-state index is 14.6. The first-order valence-electron chi connectivity index (χ1n) is 10.8. The molecule has 3 saturated heterocycles. The number of aromatic nitrogens is 1. The molecule has 0 aliphatic carbocycles. The molecule has 6 nitrogen and oxygen atoms in total. The SMILES string of the molecule is CC(C)(C)OC(=O)N1[C@H]2CC[C@@H]1C(c1cnc(F)c(B3OC(C)(C)C(C)(C)O3)c1)C2. The minimum absolute atomic E-state index is 0.0447. The van der Waals surface area contributed by atoms with Gasteiger partial charge < -0.3 is 18.9 Å². The van der Waals surface area contributed by atoms with Crippen molar-refractivity contribution in [3.63, 3.8) is 0 Å². The van der Waals surface area contributed by atoms with E-state index in [1.54, 1.807) is 6.20 Å². The van der Waals surface area contributed by atoms with Gasteiger partial charge in [0.15, 0.2) is 0 Å². The van der Waals surface area contributed by atoms with E-state index in [-0.39, 0.29) is 24.1 Å². The molecule has 0 spiro atoms. The zero-order chi connectivity index (χ0) is 22.1. The van der Waals surface area contributed by atoms with Gasteiger partial charge in [-0.3, -0.25) is 0 Å².